The SMILES string of the molecule is CC(C)C(C(=O)NCC(N)C1CC1)N1C(=O)c2ccccc2C1=O.Cl. The maximum Gasteiger partial charge on any atom is 0.262 e. The summed E-state index contributed by atoms with van der Waals surface area (Å²) in [5, 5.41) is 2.82. The number of carbonyl (C=O) groups is 3. The highest BCUT2D eigenvalue weighted by molar-refractivity contribution is 6.22. The largest absolute Gasteiger partial charge is 0.353 e. The molecule has 0 spiro atoms. The number of nitrogens with zero attached hydrogens (tertiary/aromatic N) is 1. The molecule has 2 atom stereocenters. The van der Waals surface area contributed by atoms with Gasteiger partial charge in [-0.2, -0.15) is 0 Å². The second kappa shape index (κ2) is 7.54. The number of carbonyl (C=O) groups excluding carboxylic acids is 3. The van der Waals surface area contributed by atoms with Crippen LogP contribution in [0.1, 0.15) is 47.4 Å². The van der Waals surface area contributed by atoms with Gasteiger partial charge in [-0.15, -0.1) is 12.4 Å². The molecular formula is C18H24ClN3O3. The molecule has 2 unspecified atom stereocenters. The molecule has 25 heavy (non-hydrogen) atoms. The van der Waals surface area contributed by atoms with E-state index in [1.54, 1.807) is 24.3 Å². The van der Waals surface area contributed by atoms with Gasteiger partial charge in [0.05, 0.1) is 11.1 Å². The summed E-state index contributed by atoms with van der Waals surface area (Å²) < 4.78 is 0. The quantitative estimate of drug-likeness (QED) is 0.748. The number of imide groups is 1. The first kappa shape index (κ1) is 19.4. The van der Waals surface area contributed by atoms with E-state index in [0.717, 1.165) is 17.7 Å². The minimum absolute atomic E-state index is 0. The number of fused-ring (bicyclic) bond motifs is 1. The van der Waals surface area contributed by atoms with E-state index < -0.39 is 17.9 Å². The van der Waals surface area contributed by atoms with Gasteiger partial charge >= 0.3 is 0 Å². The highest BCUT2D eigenvalue weighted by Crippen LogP contribution is 2.31. The van der Waals surface area contributed by atoms with Crippen molar-refractivity contribution in [2.45, 2.75) is 38.8 Å². The molecule has 3 amide bonds. The molecule has 1 aliphatic carbocycles. The van der Waals surface area contributed by atoms with Gasteiger partial charge < -0.3 is 11.1 Å². The summed E-state index contributed by atoms with van der Waals surface area (Å²) in [6.07, 6.45) is 2.20. The average molecular weight is 366 g/mol. The second-order valence-corrected chi connectivity index (χ2v) is 6.96. The Morgan fingerprint density at radius 3 is 2.16 bits per heavy atom. The first-order valence-corrected chi connectivity index (χ1v) is 8.42. The standard InChI is InChI=1S/C18H23N3O3.ClH/c1-10(2)15(16(22)20-9-14(19)11-7-8-11)21-17(23)12-5-3-4-6-13(12)18(21)24;/h3-6,10-11,14-15H,7-9,19H2,1-2H3,(H,20,22);1H. The Balaban J connectivity index is 0.00000225. The normalized spacial score (nSPS) is 18.6. The van der Waals surface area contributed by atoms with Crippen molar-refractivity contribution in [2.75, 3.05) is 6.54 Å². The molecule has 3 rings (SSSR count). The van der Waals surface area contributed by atoms with Gasteiger partial charge in [0.1, 0.15) is 6.04 Å². The summed E-state index contributed by atoms with van der Waals surface area (Å²) in [5.74, 6) is -0.853. The van der Waals surface area contributed by atoms with Crippen LogP contribution in [-0.2, 0) is 4.79 Å². The molecule has 136 valence electrons. The van der Waals surface area contributed by atoms with Gasteiger partial charge in [0.25, 0.3) is 11.8 Å². The van der Waals surface area contributed by atoms with Gasteiger partial charge in [-0.05, 0) is 36.8 Å². The minimum atomic E-state index is -0.830. The van der Waals surface area contributed by atoms with E-state index in [9.17, 15) is 14.4 Å². The van der Waals surface area contributed by atoms with Crippen LogP contribution in [-0.4, -0.2) is 41.2 Å². The third-order valence-electron chi connectivity index (χ3n) is 4.74. The number of nitrogens with one attached hydrogen (secondary N) is 1. The van der Waals surface area contributed by atoms with E-state index in [1.807, 2.05) is 13.8 Å². The number of hydrogen-bond donors (Lipinski definition) is 2. The number of nitrogens with two attached hydrogens (primary N) is 1. The fourth-order valence-corrected chi connectivity index (χ4v) is 3.19. The molecule has 1 aromatic carbocycles. The van der Waals surface area contributed by atoms with Crippen LogP contribution in [0.5, 0.6) is 0 Å². The molecule has 7 heteroatoms. The predicted molar refractivity (Wildman–Crippen MR) is 96.5 cm³/mol. The van der Waals surface area contributed by atoms with Crippen molar-refractivity contribution in [1.29, 1.82) is 0 Å². The maximum atomic E-state index is 12.6. The molecule has 0 bridgehead atoms. The monoisotopic (exact) mass is 365 g/mol. The fraction of sp³-hybridized carbons (Fsp3) is 0.500. The van der Waals surface area contributed by atoms with E-state index in [0.29, 0.717) is 23.6 Å². The minimum Gasteiger partial charge on any atom is -0.353 e. The lowest BCUT2D eigenvalue weighted by molar-refractivity contribution is -0.126. The van der Waals surface area contributed by atoms with Gasteiger partial charge in [0.2, 0.25) is 5.91 Å². The first-order chi connectivity index (χ1) is 11.4. The van der Waals surface area contributed by atoms with Crippen molar-refractivity contribution in [3.05, 3.63) is 35.4 Å². The average Bonchev–Trinajstić information content (AvgIpc) is 3.37. The zero-order valence-electron chi connectivity index (χ0n) is 14.4. The summed E-state index contributed by atoms with van der Waals surface area (Å²) in [6.45, 7) is 4.03. The van der Waals surface area contributed by atoms with E-state index in [4.69, 9.17) is 5.73 Å². The number of rotatable bonds is 6. The highest BCUT2D eigenvalue weighted by atomic mass is 35.5. The molecule has 1 aromatic rings. The van der Waals surface area contributed by atoms with Crippen molar-refractivity contribution < 1.29 is 14.4 Å². The fourth-order valence-electron chi connectivity index (χ4n) is 3.19. The Morgan fingerprint density at radius 2 is 1.72 bits per heavy atom. The number of benzene rings is 1. The third-order valence-corrected chi connectivity index (χ3v) is 4.74. The Kier molecular flexibility index (Phi) is 5.85. The van der Waals surface area contributed by atoms with Crippen LogP contribution < -0.4 is 11.1 Å². The topological polar surface area (TPSA) is 92.5 Å². The zero-order valence-corrected chi connectivity index (χ0v) is 15.2. The summed E-state index contributed by atoms with van der Waals surface area (Å²) in [4.78, 5) is 39.0. The van der Waals surface area contributed by atoms with Crippen LogP contribution in [0, 0.1) is 11.8 Å². The van der Waals surface area contributed by atoms with Gasteiger partial charge in [0.15, 0.2) is 0 Å². The van der Waals surface area contributed by atoms with Crippen LogP contribution in [0.3, 0.4) is 0 Å². The first-order valence-electron chi connectivity index (χ1n) is 8.42. The van der Waals surface area contributed by atoms with Crippen molar-refractivity contribution in [1.82, 2.24) is 10.2 Å². The van der Waals surface area contributed by atoms with Crippen LogP contribution in [0.25, 0.3) is 0 Å². The molecular weight excluding hydrogens is 342 g/mol. The molecule has 1 fully saturated rings. The van der Waals surface area contributed by atoms with Crippen LogP contribution in [0.4, 0.5) is 0 Å². The summed E-state index contributed by atoms with van der Waals surface area (Å²) >= 11 is 0. The van der Waals surface area contributed by atoms with E-state index in [-0.39, 0.29) is 30.3 Å². The molecule has 0 saturated heterocycles. The predicted octanol–water partition coefficient (Wildman–Crippen LogP) is 1.58. The Labute approximate surface area is 153 Å². The molecule has 2 aliphatic rings. The summed E-state index contributed by atoms with van der Waals surface area (Å²) in [7, 11) is 0. The number of amides is 3. The van der Waals surface area contributed by atoms with Crippen LogP contribution in [0.15, 0.2) is 24.3 Å². The summed E-state index contributed by atoms with van der Waals surface area (Å²) in [5.41, 5.74) is 6.73. The van der Waals surface area contributed by atoms with E-state index in [1.165, 1.54) is 0 Å². The molecule has 0 aromatic heterocycles. The highest BCUT2D eigenvalue weighted by Gasteiger charge is 2.44. The van der Waals surface area contributed by atoms with E-state index in [2.05, 4.69) is 5.32 Å². The second-order valence-electron chi connectivity index (χ2n) is 6.96. The molecule has 1 heterocycles. The van der Waals surface area contributed by atoms with Crippen LogP contribution in [0.2, 0.25) is 0 Å². The molecule has 0 radical (unpaired) electrons. The molecule has 1 saturated carbocycles. The Morgan fingerprint density at radius 1 is 1.20 bits per heavy atom. The van der Waals surface area contributed by atoms with Crippen molar-refractivity contribution in [3.63, 3.8) is 0 Å². The molecule has 3 N–H and O–H groups in total. The Hall–Kier alpha value is -1.92. The zero-order chi connectivity index (χ0) is 17.4. The maximum absolute atomic E-state index is 12.6. The smallest absolute Gasteiger partial charge is 0.262 e. The van der Waals surface area contributed by atoms with Gasteiger partial charge in [0, 0.05) is 12.6 Å². The van der Waals surface area contributed by atoms with Gasteiger partial charge in [-0.25, -0.2) is 0 Å². The van der Waals surface area contributed by atoms with Crippen LogP contribution >= 0.6 is 12.4 Å². The number of hydrogen-bond acceptors (Lipinski definition) is 4. The van der Waals surface area contributed by atoms with Crippen molar-refractivity contribution >= 4 is 30.1 Å². The van der Waals surface area contributed by atoms with E-state index >= 15 is 0 Å². The molecule has 1 aliphatic heterocycles. The molecule has 6 nitrogen and oxygen atoms in total. The lowest BCUT2D eigenvalue weighted by Crippen LogP contribution is -2.54. The van der Waals surface area contributed by atoms with Crippen molar-refractivity contribution in [3.8, 4) is 0 Å². The van der Waals surface area contributed by atoms with Gasteiger partial charge in [-0.3, -0.25) is 19.3 Å². The lowest BCUT2D eigenvalue weighted by atomic mass is 10.0. The lowest BCUT2D eigenvalue weighted by Gasteiger charge is -2.28. The third kappa shape index (κ3) is 3.70. The van der Waals surface area contributed by atoms with Gasteiger partial charge in [-0.1, -0.05) is 26.0 Å². The van der Waals surface area contributed by atoms with Crippen molar-refractivity contribution in [2.24, 2.45) is 17.6 Å². The summed E-state index contributed by atoms with van der Waals surface area (Å²) in [6, 6.07) is 5.77. The Bertz CT molecular complexity index is 653. The number of halogens is 1.